The third-order valence-corrected chi connectivity index (χ3v) is 5.15. The lowest BCUT2D eigenvalue weighted by Crippen LogP contribution is -2.36. The highest BCUT2D eigenvalue weighted by atomic mass is 32.1. The van der Waals surface area contributed by atoms with Crippen LogP contribution < -0.4 is 10.6 Å². The van der Waals surface area contributed by atoms with E-state index in [1.54, 1.807) is 11.3 Å². The van der Waals surface area contributed by atoms with Crippen molar-refractivity contribution in [2.45, 2.75) is 33.4 Å². The van der Waals surface area contributed by atoms with Gasteiger partial charge >= 0.3 is 0 Å². The summed E-state index contributed by atoms with van der Waals surface area (Å²) in [4.78, 5) is 14.9. The predicted octanol–water partition coefficient (Wildman–Crippen LogP) is 4.02. The number of guanidine groups is 1. The zero-order valence-corrected chi connectivity index (χ0v) is 16.6. The number of hydrogen-bond acceptors (Lipinski definition) is 4. The molecule has 5 nitrogen and oxygen atoms in total. The van der Waals surface area contributed by atoms with Crippen molar-refractivity contribution in [2.24, 2.45) is 4.99 Å². The van der Waals surface area contributed by atoms with Gasteiger partial charge in [-0.05, 0) is 37.1 Å². The molecule has 0 radical (unpaired) electrons. The molecule has 0 aliphatic rings. The maximum atomic E-state index is 4.71. The molecule has 140 valence electrons. The molecule has 0 aliphatic heterocycles. The molecular weight excluding hydrogens is 354 g/mol. The topological polar surface area (TPSA) is 62.2 Å². The van der Waals surface area contributed by atoms with Crippen LogP contribution >= 0.6 is 11.3 Å². The monoisotopic (exact) mass is 379 g/mol. The lowest BCUT2D eigenvalue weighted by Gasteiger charge is -2.10. The van der Waals surface area contributed by atoms with Crippen LogP contribution in [0.25, 0.3) is 11.3 Å². The number of nitrogens with zero attached hydrogens (tertiary/aromatic N) is 3. The summed E-state index contributed by atoms with van der Waals surface area (Å²) >= 11 is 1.74. The zero-order valence-electron chi connectivity index (χ0n) is 15.8. The SMILES string of the molecule is CCNC(=NCc1cccc(-c2ccccn2)c1)NCc1ncc(CC)s1. The Morgan fingerprint density at radius 2 is 2.00 bits per heavy atom. The molecule has 0 spiro atoms. The summed E-state index contributed by atoms with van der Waals surface area (Å²) < 4.78 is 0. The van der Waals surface area contributed by atoms with Crippen molar-refractivity contribution in [1.29, 1.82) is 0 Å². The number of pyridine rings is 1. The number of thiazole rings is 1. The van der Waals surface area contributed by atoms with Gasteiger partial charge in [0.05, 0.1) is 18.8 Å². The molecule has 0 saturated heterocycles. The van der Waals surface area contributed by atoms with E-state index in [-0.39, 0.29) is 0 Å². The van der Waals surface area contributed by atoms with E-state index >= 15 is 0 Å². The molecule has 0 unspecified atom stereocenters. The summed E-state index contributed by atoms with van der Waals surface area (Å²) in [5.74, 6) is 0.800. The van der Waals surface area contributed by atoms with Gasteiger partial charge in [0, 0.05) is 29.4 Å². The Morgan fingerprint density at radius 1 is 1.07 bits per heavy atom. The Bertz CT molecular complexity index is 873. The lowest BCUT2D eigenvalue weighted by molar-refractivity contribution is 0.811. The Hall–Kier alpha value is -2.73. The van der Waals surface area contributed by atoms with Gasteiger partial charge < -0.3 is 10.6 Å². The third-order valence-electron chi connectivity index (χ3n) is 4.01. The normalized spacial score (nSPS) is 11.4. The van der Waals surface area contributed by atoms with Crippen LogP contribution in [-0.4, -0.2) is 22.5 Å². The Balaban J connectivity index is 1.65. The smallest absolute Gasteiger partial charge is 0.191 e. The van der Waals surface area contributed by atoms with E-state index < -0.39 is 0 Å². The van der Waals surface area contributed by atoms with Crippen LogP contribution in [0.5, 0.6) is 0 Å². The first-order valence-corrected chi connectivity index (χ1v) is 10.1. The minimum Gasteiger partial charge on any atom is -0.357 e. The minimum atomic E-state index is 0.605. The van der Waals surface area contributed by atoms with E-state index in [2.05, 4.69) is 58.7 Å². The van der Waals surface area contributed by atoms with Crippen molar-refractivity contribution in [3.05, 3.63) is 70.3 Å². The van der Waals surface area contributed by atoms with Crippen LogP contribution in [0, 0.1) is 0 Å². The fourth-order valence-corrected chi connectivity index (χ4v) is 3.43. The van der Waals surface area contributed by atoms with Crippen molar-refractivity contribution in [2.75, 3.05) is 6.54 Å². The lowest BCUT2D eigenvalue weighted by atomic mass is 10.1. The summed E-state index contributed by atoms with van der Waals surface area (Å²) in [6.07, 6.45) is 4.79. The van der Waals surface area contributed by atoms with E-state index in [1.807, 2.05) is 30.6 Å². The maximum Gasteiger partial charge on any atom is 0.191 e. The largest absolute Gasteiger partial charge is 0.357 e. The molecule has 0 fully saturated rings. The van der Waals surface area contributed by atoms with E-state index in [9.17, 15) is 0 Å². The maximum absolute atomic E-state index is 4.71. The number of aromatic nitrogens is 2. The molecule has 2 N–H and O–H groups in total. The summed E-state index contributed by atoms with van der Waals surface area (Å²) in [6.45, 7) is 6.32. The quantitative estimate of drug-likeness (QED) is 0.481. The molecule has 1 aromatic carbocycles. The van der Waals surface area contributed by atoms with Crippen LogP contribution in [-0.2, 0) is 19.5 Å². The number of nitrogens with one attached hydrogen (secondary N) is 2. The summed E-state index contributed by atoms with van der Waals surface area (Å²) in [5, 5.41) is 7.74. The van der Waals surface area contributed by atoms with Gasteiger partial charge in [0.2, 0.25) is 0 Å². The molecule has 2 heterocycles. The van der Waals surface area contributed by atoms with Gasteiger partial charge in [-0.25, -0.2) is 9.98 Å². The van der Waals surface area contributed by atoms with Gasteiger partial charge in [0.15, 0.2) is 5.96 Å². The average Bonchev–Trinajstić information content (AvgIpc) is 3.19. The Morgan fingerprint density at radius 3 is 2.74 bits per heavy atom. The molecule has 0 atom stereocenters. The van der Waals surface area contributed by atoms with Crippen LogP contribution in [0.1, 0.15) is 29.3 Å². The second-order valence-electron chi connectivity index (χ2n) is 6.04. The van der Waals surface area contributed by atoms with Gasteiger partial charge in [-0.3, -0.25) is 4.98 Å². The summed E-state index contributed by atoms with van der Waals surface area (Å²) in [5.41, 5.74) is 3.23. The first-order valence-electron chi connectivity index (χ1n) is 9.24. The van der Waals surface area contributed by atoms with Gasteiger partial charge in [-0.15, -0.1) is 11.3 Å². The second kappa shape index (κ2) is 9.83. The van der Waals surface area contributed by atoms with Crippen molar-refractivity contribution in [3.63, 3.8) is 0 Å². The standard InChI is InChI=1S/C21H25N5S/c1-3-18-14-24-20(27-18)15-26-21(22-4-2)25-13-16-8-7-9-17(12-16)19-10-5-6-11-23-19/h5-12,14H,3-4,13,15H2,1-2H3,(H2,22,25,26). The first-order chi connectivity index (χ1) is 13.3. The Labute approximate surface area is 164 Å². The highest BCUT2D eigenvalue weighted by Gasteiger charge is 2.04. The Kier molecular flexibility index (Phi) is 6.93. The summed E-state index contributed by atoms with van der Waals surface area (Å²) in [7, 11) is 0. The second-order valence-corrected chi connectivity index (χ2v) is 7.24. The van der Waals surface area contributed by atoms with Crippen LogP contribution in [0.2, 0.25) is 0 Å². The fourth-order valence-electron chi connectivity index (χ4n) is 2.63. The van der Waals surface area contributed by atoms with E-state index in [0.29, 0.717) is 13.1 Å². The fraction of sp³-hybridized carbons (Fsp3) is 0.286. The van der Waals surface area contributed by atoms with Gasteiger partial charge in [0.25, 0.3) is 0 Å². The van der Waals surface area contributed by atoms with Crippen LogP contribution in [0.15, 0.2) is 59.9 Å². The molecule has 3 rings (SSSR count). The van der Waals surface area contributed by atoms with Crippen molar-refractivity contribution >= 4 is 17.3 Å². The summed E-state index contributed by atoms with van der Waals surface area (Å²) in [6, 6.07) is 14.3. The molecule has 0 bridgehead atoms. The number of hydrogen-bond donors (Lipinski definition) is 2. The van der Waals surface area contributed by atoms with Crippen molar-refractivity contribution in [1.82, 2.24) is 20.6 Å². The highest BCUT2D eigenvalue weighted by Crippen LogP contribution is 2.18. The number of rotatable bonds is 7. The predicted molar refractivity (Wildman–Crippen MR) is 113 cm³/mol. The van der Waals surface area contributed by atoms with E-state index in [4.69, 9.17) is 4.99 Å². The van der Waals surface area contributed by atoms with Crippen molar-refractivity contribution in [3.8, 4) is 11.3 Å². The number of aliphatic imine (C=N–C) groups is 1. The third kappa shape index (κ3) is 5.62. The molecule has 27 heavy (non-hydrogen) atoms. The van der Waals surface area contributed by atoms with Gasteiger partial charge in [0.1, 0.15) is 5.01 Å². The number of benzene rings is 1. The molecule has 3 aromatic rings. The molecule has 6 heteroatoms. The molecule has 0 saturated carbocycles. The molecular formula is C21H25N5S. The minimum absolute atomic E-state index is 0.605. The molecule has 0 aliphatic carbocycles. The highest BCUT2D eigenvalue weighted by molar-refractivity contribution is 7.11. The molecule has 2 aromatic heterocycles. The van der Waals surface area contributed by atoms with E-state index in [1.165, 1.54) is 4.88 Å². The average molecular weight is 380 g/mol. The van der Waals surface area contributed by atoms with Crippen molar-refractivity contribution < 1.29 is 0 Å². The van der Waals surface area contributed by atoms with Crippen LogP contribution in [0.4, 0.5) is 0 Å². The van der Waals surface area contributed by atoms with Gasteiger partial charge in [-0.1, -0.05) is 31.2 Å². The first kappa shape index (κ1) is 19.0. The number of aryl methyl sites for hydroxylation is 1. The molecule has 0 amide bonds. The van der Waals surface area contributed by atoms with Crippen LogP contribution in [0.3, 0.4) is 0 Å². The van der Waals surface area contributed by atoms with E-state index in [0.717, 1.165) is 40.8 Å². The zero-order chi connectivity index (χ0) is 18.9. The van der Waals surface area contributed by atoms with Gasteiger partial charge in [-0.2, -0.15) is 0 Å².